The number of rotatable bonds is 1. The first-order valence-corrected chi connectivity index (χ1v) is 4.74. The Morgan fingerprint density at radius 1 is 1.33 bits per heavy atom. The van der Waals surface area contributed by atoms with Gasteiger partial charge in [-0.3, -0.25) is 9.00 Å². The van der Waals surface area contributed by atoms with E-state index in [1.807, 2.05) is 30.3 Å². The highest BCUT2D eigenvalue weighted by Gasteiger charge is 1.90. The summed E-state index contributed by atoms with van der Waals surface area (Å²) < 4.78 is 10.8. The lowest BCUT2D eigenvalue weighted by Gasteiger charge is -1.90. The van der Waals surface area contributed by atoms with Crippen LogP contribution in [0.4, 0.5) is 0 Å². The van der Waals surface area contributed by atoms with Crippen LogP contribution in [0.5, 0.6) is 0 Å². The summed E-state index contributed by atoms with van der Waals surface area (Å²) in [7, 11) is -0.829. The molecule has 0 aromatic heterocycles. The highest BCUT2D eigenvalue weighted by Crippen LogP contribution is 2.01. The Hall–Kier alpha value is -1.16. The highest BCUT2D eigenvalue weighted by molar-refractivity contribution is 7.84. The number of hydrogen-bond donors (Lipinski definition) is 1. The van der Waals surface area contributed by atoms with Crippen molar-refractivity contribution >= 4 is 17.3 Å². The van der Waals surface area contributed by atoms with E-state index in [4.69, 9.17) is 9.90 Å². The molecule has 0 aliphatic carbocycles. The summed E-state index contributed by atoms with van der Waals surface area (Å²) >= 11 is 0. The molecular weight excluding hydrogens is 176 g/mol. The van der Waals surface area contributed by atoms with Gasteiger partial charge in [-0.2, -0.15) is 0 Å². The number of benzene rings is 1. The molecule has 0 aliphatic heterocycles. The number of carboxylic acid groups (broad SMARTS) is 1. The third kappa shape index (κ3) is 4.62. The van der Waals surface area contributed by atoms with E-state index in [2.05, 4.69) is 0 Å². The molecule has 3 nitrogen and oxygen atoms in total. The topological polar surface area (TPSA) is 54.4 Å². The van der Waals surface area contributed by atoms with Gasteiger partial charge in [0, 0.05) is 22.0 Å². The first kappa shape index (κ1) is 10.8. The van der Waals surface area contributed by atoms with Crippen LogP contribution in [0.1, 0.15) is 0 Å². The fourth-order valence-corrected chi connectivity index (χ4v) is 1.15. The average Bonchev–Trinajstić information content (AvgIpc) is 2.07. The van der Waals surface area contributed by atoms with Crippen LogP contribution in [-0.2, 0) is 15.6 Å². The van der Waals surface area contributed by atoms with Crippen LogP contribution in [0.3, 0.4) is 0 Å². The van der Waals surface area contributed by atoms with Gasteiger partial charge in [0.25, 0.3) is 6.47 Å². The molecule has 0 heterocycles. The maximum atomic E-state index is 10.8. The van der Waals surface area contributed by atoms with Gasteiger partial charge >= 0.3 is 0 Å². The molecule has 0 bridgehead atoms. The molecule has 1 rings (SSSR count). The van der Waals surface area contributed by atoms with Gasteiger partial charge in [0.2, 0.25) is 0 Å². The standard InChI is InChI=1S/C7H8OS.CH2O2/c1-9(8)7-5-3-2-4-6-7;2-1-3/h2-6H,1H3;1H,(H,2,3). The largest absolute Gasteiger partial charge is 0.483 e. The first-order chi connectivity index (χ1) is 5.72. The number of hydrogen-bond acceptors (Lipinski definition) is 2. The Kier molecular flexibility index (Phi) is 5.91. The molecular formula is C8H10O3S. The van der Waals surface area contributed by atoms with Crippen LogP contribution in [0.25, 0.3) is 0 Å². The zero-order chi connectivity index (χ0) is 9.40. The molecule has 0 spiro atoms. The lowest BCUT2D eigenvalue weighted by molar-refractivity contribution is -0.122. The molecule has 0 fully saturated rings. The summed E-state index contributed by atoms with van der Waals surface area (Å²) in [4.78, 5) is 9.25. The van der Waals surface area contributed by atoms with Gasteiger partial charge < -0.3 is 5.11 Å². The van der Waals surface area contributed by atoms with E-state index in [1.54, 1.807) is 6.26 Å². The van der Waals surface area contributed by atoms with E-state index in [-0.39, 0.29) is 6.47 Å². The normalized spacial score (nSPS) is 10.8. The smallest absolute Gasteiger partial charge is 0.290 e. The van der Waals surface area contributed by atoms with Crippen molar-refractivity contribution in [1.29, 1.82) is 0 Å². The van der Waals surface area contributed by atoms with Crippen LogP contribution in [0, 0.1) is 0 Å². The van der Waals surface area contributed by atoms with Crippen LogP contribution in [0.15, 0.2) is 35.2 Å². The monoisotopic (exact) mass is 186 g/mol. The third-order valence-electron chi connectivity index (χ3n) is 1.08. The average molecular weight is 186 g/mol. The van der Waals surface area contributed by atoms with Crippen molar-refractivity contribution in [2.75, 3.05) is 6.26 Å². The second-order valence-electron chi connectivity index (χ2n) is 1.87. The van der Waals surface area contributed by atoms with Crippen LogP contribution >= 0.6 is 0 Å². The van der Waals surface area contributed by atoms with Gasteiger partial charge in [-0.25, -0.2) is 0 Å². The van der Waals surface area contributed by atoms with E-state index in [0.717, 1.165) is 4.90 Å². The molecule has 1 aromatic rings. The Morgan fingerprint density at radius 2 is 1.75 bits per heavy atom. The quantitative estimate of drug-likeness (QED) is 0.669. The minimum atomic E-state index is -0.829. The molecule has 4 heteroatoms. The van der Waals surface area contributed by atoms with E-state index >= 15 is 0 Å². The van der Waals surface area contributed by atoms with Crippen molar-refractivity contribution in [2.45, 2.75) is 4.90 Å². The minimum absolute atomic E-state index is 0.250. The third-order valence-corrected chi connectivity index (χ3v) is 2.01. The molecule has 0 saturated carbocycles. The second-order valence-corrected chi connectivity index (χ2v) is 3.25. The molecule has 1 N–H and O–H groups in total. The van der Waals surface area contributed by atoms with Gasteiger partial charge in [0.05, 0.1) is 0 Å². The molecule has 1 aromatic carbocycles. The van der Waals surface area contributed by atoms with Crippen LogP contribution in [0.2, 0.25) is 0 Å². The van der Waals surface area contributed by atoms with Crippen molar-refractivity contribution in [3.8, 4) is 0 Å². The van der Waals surface area contributed by atoms with E-state index in [9.17, 15) is 4.21 Å². The van der Waals surface area contributed by atoms with Gasteiger partial charge in [-0.1, -0.05) is 18.2 Å². The van der Waals surface area contributed by atoms with E-state index in [1.165, 1.54) is 0 Å². The fourth-order valence-electron chi connectivity index (χ4n) is 0.612. The van der Waals surface area contributed by atoms with Crippen molar-refractivity contribution in [3.05, 3.63) is 30.3 Å². The zero-order valence-corrected chi connectivity index (χ0v) is 7.45. The molecule has 66 valence electrons. The van der Waals surface area contributed by atoms with Crippen molar-refractivity contribution < 1.29 is 14.1 Å². The summed E-state index contributed by atoms with van der Waals surface area (Å²) in [5.74, 6) is 0. The Labute approximate surface area is 73.5 Å². The predicted molar refractivity (Wildman–Crippen MR) is 47.5 cm³/mol. The molecule has 12 heavy (non-hydrogen) atoms. The first-order valence-electron chi connectivity index (χ1n) is 3.18. The Morgan fingerprint density at radius 3 is 2.00 bits per heavy atom. The van der Waals surface area contributed by atoms with Crippen molar-refractivity contribution in [3.63, 3.8) is 0 Å². The zero-order valence-electron chi connectivity index (χ0n) is 6.64. The Balaban J connectivity index is 0.000000354. The summed E-state index contributed by atoms with van der Waals surface area (Å²) in [6.07, 6.45) is 1.68. The lowest BCUT2D eigenvalue weighted by Crippen LogP contribution is -1.83. The Bertz CT molecular complexity index is 246. The summed E-state index contributed by atoms with van der Waals surface area (Å²) in [5, 5.41) is 6.89. The van der Waals surface area contributed by atoms with Gasteiger partial charge in [0.15, 0.2) is 0 Å². The van der Waals surface area contributed by atoms with E-state index < -0.39 is 10.8 Å². The van der Waals surface area contributed by atoms with Crippen molar-refractivity contribution in [1.82, 2.24) is 0 Å². The minimum Gasteiger partial charge on any atom is -0.483 e. The number of carbonyl (C=O) groups is 1. The van der Waals surface area contributed by atoms with Crippen molar-refractivity contribution in [2.24, 2.45) is 0 Å². The molecule has 0 saturated heterocycles. The second kappa shape index (κ2) is 6.54. The predicted octanol–water partition coefficient (Wildman–Crippen LogP) is 1.12. The summed E-state index contributed by atoms with van der Waals surface area (Å²) in [6.45, 7) is -0.250. The van der Waals surface area contributed by atoms with Gasteiger partial charge in [-0.15, -0.1) is 0 Å². The molecule has 0 radical (unpaired) electrons. The van der Waals surface area contributed by atoms with Gasteiger partial charge in [-0.05, 0) is 12.1 Å². The highest BCUT2D eigenvalue weighted by atomic mass is 32.2. The molecule has 1 atom stereocenters. The van der Waals surface area contributed by atoms with Gasteiger partial charge in [0.1, 0.15) is 0 Å². The van der Waals surface area contributed by atoms with Crippen LogP contribution in [-0.4, -0.2) is 22.0 Å². The fraction of sp³-hybridized carbons (Fsp3) is 0.125. The molecule has 1 unspecified atom stereocenters. The SMILES string of the molecule is CS(=O)c1ccccc1.O=CO. The van der Waals surface area contributed by atoms with E-state index in [0.29, 0.717) is 0 Å². The lowest BCUT2D eigenvalue weighted by atomic mass is 10.4. The molecule has 0 aliphatic rings. The summed E-state index contributed by atoms with van der Waals surface area (Å²) in [6, 6.07) is 9.40. The maximum absolute atomic E-state index is 10.8. The molecule has 0 amide bonds. The van der Waals surface area contributed by atoms with Crippen LogP contribution < -0.4 is 0 Å². The summed E-state index contributed by atoms with van der Waals surface area (Å²) in [5.41, 5.74) is 0. The maximum Gasteiger partial charge on any atom is 0.290 e.